The van der Waals surface area contributed by atoms with Gasteiger partial charge in [-0.2, -0.15) is 0 Å². The molecule has 20 heavy (non-hydrogen) atoms. The van der Waals surface area contributed by atoms with E-state index in [1.165, 1.54) is 18.4 Å². The predicted molar refractivity (Wildman–Crippen MR) is 87.0 cm³/mol. The van der Waals surface area contributed by atoms with Crippen LogP contribution < -0.4 is 5.73 Å². The average molecular weight is 295 g/mol. The Morgan fingerprint density at radius 3 is 2.50 bits per heavy atom. The van der Waals surface area contributed by atoms with Crippen molar-refractivity contribution >= 4 is 11.6 Å². The Bertz CT molecular complexity index is 434. The number of halogens is 1. The van der Waals surface area contributed by atoms with Crippen LogP contribution in [0.3, 0.4) is 0 Å². The van der Waals surface area contributed by atoms with E-state index in [0.717, 1.165) is 24.5 Å². The highest BCUT2D eigenvalue weighted by atomic mass is 35.5. The summed E-state index contributed by atoms with van der Waals surface area (Å²) in [6, 6.07) is 8.64. The molecule has 1 aliphatic heterocycles. The number of rotatable bonds is 4. The van der Waals surface area contributed by atoms with Crippen LogP contribution in [0.25, 0.3) is 0 Å². The molecule has 2 rings (SSSR count). The lowest BCUT2D eigenvalue weighted by atomic mass is 9.81. The van der Waals surface area contributed by atoms with Crippen LogP contribution in [0.4, 0.5) is 0 Å². The van der Waals surface area contributed by atoms with E-state index >= 15 is 0 Å². The summed E-state index contributed by atoms with van der Waals surface area (Å²) in [4.78, 5) is 2.55. The van der Waals surface area contributed by atoms with Gasteiger partial charge in [-0.1, -0.05) is 44.5 Å². The van der Waals surface area contributed by atoms with Crippen LogP contribution in [-0.4, -0.2) is 24.0 Å². The third kappa shape index (κ3) is 3.75. The summed E-state index contributed by atoms with van der Waals surface area (Å²) in [5, 5.41) is 0.799. The maximum absolute atomic E-state index is 6.41. The van der Waals surface area contributed by atoms with Crippen molar-refractivity contribution in [1.29, 1.82) is 0 Å². The fraction of sp³-hybridized carbons (Fsp3) is 0.647. The Kier molecular flexibility index (Phi) is 5.11. The standard InChI is InChI=1S/C17H27ClN2/c1-4-15(19)16(13-6-5-7-14(18)12-13)20-10-8-17(2,3)9-11-20/h5-7,12,15-16H,4,8-11,19H2,1-3H3. The summed E-state index contributed by atoms with van der Waals surface area (Å²) in [5.74, 6) is 0. The molecule has 1 heterocycles. The normalized spacial score (nSPS) is 22.4. The topological polar surface area (TPSA) is 29.3 Å². The van der Waals surface area contributed by atoms with Crippen molar-refractivity contribution in [3.8, 4) is 0 Å². The molecule has 1 saturated heterocycles. The van der Waals surface area contributed by atoms with Gasteiger partial charge in [0.15, 0.2) is 0 Å². The summed E-state index contributed by atoms with van der Waals surface area (Å²) < 4.78 is 0. The van der Waals surface area contributed by atoms with E-state index in [9.17, 15) is 0 Å². The van der Waals surface area contributed by atoms with Gasteiger partial charge in [0.2, 0.25) is 0 Å². The molecule has 0 amide bonds. The first-order valence-electron chi connectivity index (χ1n) is 7.68. The first kappa shape index (κ1) is 15.8. The molecule has 0 bridgehead atoms. The fourth-order valence-corrected chi connectivity index (χ4v) is 3.25. The second kappa shape index (κ2) is 6.46. The highest BCUT2D eigenvalue weighted by Gasteiger charge is 2.32. The lowest BCUT2D eigenvalue weighted by Gasteiger charge is -2.43. The number of piperidine rings is 1. The maximum atomic E-state index is 6.41. The van der Waals surface area contributed by atoms with Crippen LogP contribution in [0.1, 0.15) is 51.6 Å². The first-order valence-corrected chi connectivity index (χ1v) is 8.06. The lowest BCUT2D eigenvalue weighted by Crippen LogP contribution is -2.46. The monoisotopic (exact) mass is 294 g/mol. The molecule has 1 aliphatic rings. The molecule has 0 saturated carbocycles. The van der Waals surface area contributed by atoms with Crippen molar-refractivity contribution in [3.63, 3.8) is 0 Å². The molecule has 1 aromatic rings. The van der Waals surface area contributed by atoms with Gasteiger partial charge in [0.05, 0.1) is 0 Å². The summed E-state index contributed by atoms with van der Waals surface area (Å²) in [5.41, 5.74) is 8.13. The minimum Gasteiger partial charge on any atom is -0.326 e. The van der Waals surface area contributed by atoms with Crippen molar-refractivity contribution in [2.24, 2.45) is 11.1 Å². The number of hydrogen-bond acceptors (Lipinski definition) is 2. The third-order valence-corrected chi connectivity index (χ3v) is 4.85. The van der Waals surface area contributed by atoms with E-state index < -0.39 is 0 Å². The Morgan fingerprint density at radius 1 is 1.30 bits per heavy atom. The minimum absolute atomic E-state index is 0.162. The Balaban J connectivity index is 2.21. The summed E-state index contributed by atoms with van der Waals surface area (Å²) in [7, 11) is 0. The number of nitrogens with two attached hydrogens (primary N) is 1. The van der Waals surface area contributed by atoms with Crippen LogP contribution in [0.15, 0.2) is 24.3 Å². The second-order valence-electron chi connectivity index (χ2n) is 6.77. The van der Waals surface area contributed by atoms with Crippen molar-refractivity contribution in [3.05, 3.63) is 34.9 Å². The van der Waals surface area contributed by atoms with Gasteiger partial charge >= 0.3 is 0 Å². The lowest BCUT2D eigenvalue weighted by molar-refractivity contribution is 0.0809. The average Bonchev–Trinajstić information content (AvgIpc) is 2.41. The molecule has 1 fully saturated rings. The molecule has 2 N–H and O–H groups in total. The molecule has 2 unspecified atom stereocenters. The largest absolute Gasteiger partial charge is 0.326 e. The number of nitrogens with zero attached hydrogens (tertiary/aromatic N) is 1. The van der Waals surface area contributed by atoms with E-state index in [4.69, 9.17) is 17.3 Å². The fourth-order valence-electron chi connectivity index (χ4n) is 3.05. The second-order valence-corrected chi connectivity index (χ2v) is 7.21. The predicted octanol–water partition coefficient (Wildman–Crippen LogP) is 4.24. The van der Waals surface area contributed by atoms with E-state index in [-0.39, 0.29) is 12.1 Å². The molecule has 0 radical (unpaired) electrons. The molecular formula is C17H27ClN2. The van der Waals surface area contributed by atoms with Crippen LogP contribution in [0, 0.1) is 5.41 Å². The maximum Gasteiger partial charge on any atom is 0.0499 e. The molecular weight excluding hydrogens is 268 g/mol. The van der Waals surface area contributed by atoms with Gasteiger partial charge in [-0.15, -0.1) is 0 Å². The molecule has 0 aromatic heterocycles. The van der Waals surface area contributed by atoms with Gasteiger partial charge in [0.1, 0.15) is 0 Å². The molecule has 112 valence electrons. The molecule has 0 aliphatic carbocycles. The van der Waals surface area contributed by atoms with Crippen molar-refractivity contribution in [2.45, 2.75) is 52.1 Å². The zero-order valence-electron chi connectivity index (χ0n) is 12.9. The summed E-state index contributed by atoms with van der Waals surface area (Å²) in [6.07, 6.45) is 3.46. The number of hydrogen-bond donors (Lipinski definition) is 1. The van der Waals surface area contributed by atoms with Crippen molar-refractivity contribution < 1.29 is 0 Å². The Labute approximate surface area is 128 Å². The Hall–Kier alpha value is -0.570. The molecule has 0 spiro atoms. The van der Waals surface area contributed by atoms with Crippen LogP contribution in [-0.2, 0) is 0 Å². The number of benzene rings is 1. The minimum atomic E-state index is 0.162. The van der Waals surface area contributed by atoms with Gasteiger partial charge in [0.25, 0.3) is 0 Å². The highest BCUT2D eigenvalue weighted by molar-refractivity contribution is 6.30. The zero-order chi connectivity index (χ0) is 14.8. The molecule has 3 heteroatoms. The highest BCUT2D eigenvalue weighted by Crippen LogP contribution is 2.35. The van der Waals surface area contributed by atoms with Gasteiger partial charge < -0.3 is 5.73 Å². The van der Waals surface area contributed by atoms with E-state index in [0.29, 0.717) is 5.41 Å². The van der Waals surface area contributed by atoms with Gasteiger partial charge in [-0.25, -0.2) is 0 Å². The number of likely N-dealkylation sites (tertiary alicyclic amines) is 1. The SMILES string of the molecule is CCC(N)C(c1cccc(Cl)c1)N1CCC(C)(C)CC1. The first-order chi connectivity index (χ1) is 9.43. The molecule has 2 atom stereocenters. The Morgan fingerprint density at radius 2 is 1.95 bits per heavy atom. The van der Waals surface area contributed by atoms with Crippen molar-refractivity contribution in [1.82, 2.24) is 4.90 Å². The van der Waals surface area contributed by atoms with Gasteiger partial charge in [-0.3, -0.25) is 4.90 Å². The van der Waals surface area contributed by atoms with E-state index in [1.54, 1.807) is 0 Å². The van der Waals surface area contributed by atoms with Crippen LogP contribution >= 0.6 is 11.6 Å². The quantitative estimate of drug-likeness (QED) is 0.900. The van der Waals surface area contributed by atoms with Crippen LogP contribution in [0.2, 0.25) is 5.02 Å². The van der Waals surface area contributed by atoms with Crippen molar-refractivity contribution in [2.75, 3.05) is 13.1 Å². The zero-order valence-corrected chi connectivity index (χ0v) is 13.7. The van der Waals surface area contributed by atoms with Gasteiger partial charge in [-0.05, 0) is 55.5 Å². The molecule has 2 nitrogen and oxygen atoms in total. The summed E-state index contributed by atoms with van der Waals surface area (Å²) >= 11 is 6.16. The smallest absolute Gasteiger partial charge is 0.0499 e. The molecule has 1 aromatic carbocycles. The summed E-state index contributed by atoms with van der Waals surface area (Å²) in [6.45, 7) is 9.13. The third-order valence-electron chi connectivity index (χ3n) is 4.61. The van der Waals surface area contributed by atoms with E-state index in [1.807, 2.05) is 12.1 Å². The van der Waals surface area contributed by atoms with Crippen LogP contribution in [0.5, 0.6) is 0 Å². The van der Waals surface area contributed by atoms with E-state index in [2.05, 4.69) is 37.8 Å². The van der Waals surface area contributed by atoms with Gasteiger partial charge in [0, 0.05) is 17.1 Å².